The van der Waals surface area contributed by atoms with Crippen molar-refractivity contribution in [1.82, 2.24) is 4.90 Å². The molecule has 1 aliphatic heterocycles. The molecular formula is C19H20ClNO. The van der Waals surface area contributed by atoms with Gasteiger partial charge in [0.05, 0.1) is 12.5 Å². The molecule has 22 heavy (non-hydrogen) atoms. The number of nitrogens with zero attached hydrogens (tertiary/aromatic N) is 1. The fraction of sp³-hybridized carbons (Fsp3) is 0.316. The zero-order valence-electron chi connectivity index (χ0n) is 12.8. The first-order valence-electron chi connectivity index (χ1n) is 7.74. The average Bonchev–Trinajstić information content (AvgIpc) is 2.99. The maximum atomic E-state index is 12.7. The van der Waals surface area contributed by atoms with Gasteiger partial charge in [0.1, 0.15) is 0 Å². The van der Waals surface area contributed by atoms with Gasteiger partial charge in [0.15, 0.2) is 0 Å². The number of hydrogen-bond donors (Lipinski definition) is 0. The first kappa shape index (κ1) is 15.1. The van der Waals surface area contributed by atoms with Gasteiger partial charge in [0, 0.05) is 11.6 Å². The van der Waals surface area contributed by atoms with Crippen LogP contribution in [0.3, 0.4) is 0 Å². The standard InChI is InChI=1S/C19H20ClNO/c1-14-5-2-3-6-17(14)18-7-4-12-21(18)19(22)13-15-8-10-16(20)11-9-15/h2-3,5-6,8-11,18H,4,7,12-13H2,1H3. The van der Waals surface area contributed by atoms with Gasteiger partial charge in [-0.1, -0.05) is 48.0 Å². The minimum absolute atomic E-state index is 0.202. The molecule has 1 atom stereocenters. The van der Waals surface area contributed by atoms with Crippen LogP contribution in [0.25, 0.3) is 0 Å². The van der Waals surface area contributed by atoms with E-state index in [2.05, 4.69) is 25.1 Å². The molecule has 3 heteroatoms. The van der Waals surface area contributed by atoms with Crippen molar-refractivity contribution in [3.63, 3.8) is 0 Å². The van der Waals surface area contributed by atoms with Gasteiger partial charge in [-0.3, -0.25) is 4.79 Å². The quantitative estimate of drug-likeness (QED) is 0.813. The number of benzene rings is 2. The van der Waals surface area contributed by atoms with Gasteiger partial charge < -0.3 is 4.90 Å². The van der Waals surface area contributed by atoms with Crippen LogP contribution < -0.4 is 0 Å². The lowest BCUT2D eigenvalue weighted by Gasteiger charge is -2.26. The molecule has 1 heterocycles. The molecule has 1 saturated heterocycles. The average molecular weight is 314 g/mol. The summed E-state index contributed by atoms with van der Waals surface area (Å²) in [6, 6.07) is 16.1. The number of carbonyl (C=O) groups is 1. The molecule has 0 bridgehead atoms. The van der Waals surface area contributed by atoms with Gasteiger partial charge in [-0.2, -0.15) is 0 Å². The molecule has 0 saturated carbocycles. The highest BCUT2D eigenvalue weighted by molar-refractivity contribution is 6.30. The van der Waals surface area contributed by atoms with E-state index in [0.717, 1.165) is 24.9 Å². The van der Waals surface area contributed by atoms with Crippen molar-refractivity contribution in [3.05, 3.63) is 70.2 Å². The number of hydrogen-bond acceptors (Lipinski definition) is 1. The van der Waals surface area contributed by atoms with Crippen LogP contribution in [0.1, 0.15) is 35.6 Å². The van der Waals surface area contributed by atoms with Crippen molar-refractivity contribution >= 4 is 17.5 Å². The summed E-state index contributed by atoms with van der Waals surface area (Å²) in [5, 5.41) is 0.704. The summed E-state index contributed by atoms with van der Waals surface area (Å²) in [6.45, 7) is 2.97. The van der Waals surface area contributed by atoms with Crippen LogP contribution >= 0.6 is 11.6 Å². The van der Waals surface area contributed by atoms with Crippen LogP contribution in [0, 0.1) is 6.92 Å². The third kappa shape index (κ3) is 3.17. The summed E-state index contributed by atoms with van der Waals surface area (Å²) in [7, 11) is 0. The van der Waals surface area contributed by atoms with Gasteiger partial charge in [-0.05, 0) is 48.6 Å². The molecule has 1 amide bonds. The van der Waals surface area contributed by atoms with Crippen molar-refractivity contribution < 1.29 is 4.79 Å². The lowest BCUT2D eigenvalue weighted by Crippen LogP contribution is -2.32. The van der Waals surface area contributed by atoms with E-state index in [-0.39, 0.29) is 11.9 Å². The third-order valence-corrected chi connectivity index (χ3v) is 4.64. The zero-order valence-corrected chi connectivity index (χ0v) is 13.5. The monoisotopic (exact) mass is 313 g/mol. The van der Waals surface area contributed by atoms with Crippen LogP contribution in [0.4, 0.5) is 0 Å². The summed E-state index contributed by atoms with van der Waals surface area (Å²) < 4.78 is 0. The molecule has 1 aliphatic rings. The van der Waals surface area contributed by atoms with Crippen LogP contribution in [-0.2, 0) is 11.2 Å². The number of amides is 1. The van der Waals surface area contributed by atoms with Crippen molar-refractivity contribution in [2.45, 2.75) is 32.2 Å². The van der Waals surface area contributed by atoms with E-state index in [1.165, 1.54) is 11.1 Å². The lowest BCUT2D eigenvalue weighted by molar-refractivity contribution is -0.131. The maximum absolute atomic E-state index is 12.7. The molecule has 0 N–H and O–H groups in total. The first-order chi connectivity index (χ1) is 10.6. The largest absolute Gasteiger partial charge is 0.335 e. The molecule has 1 unspecified atom stereocenters. The van der Waals surface area contributed by atoms with Gasteiger partial charge in [-0.25, -0.2) is 0 Å². The fourth-order valence-corrected chi connectivity index (χ4v) is 3.35. The fourth-order valence-electron chi connectivity index (χ4n) is 3.23. The summed E-state index contributed by atoms with van der Waals surface area (Å²) in [6.07, 6.45) is 2.57. The molecule has 0 spiro atoms. The molecule has 2 nitrogen and oxygen atoms in total. The molecule has 0 aliphatic carbocycles. The summed E-state index contributed by atoms with van der Waals surface area (Å²) >= 11 is 5.90. The summed E-state index contributed by atoms with van der Waals surface area (Å²) in [4.78, 5) is 14.7. The highest BCUT2D eigenvalue weighted by atomic mass is 35.5. The lowest BCUT2D eigenvalue weighted by atomic mass is 9.99. The van der Waals surface area contributed by atoms with E-state index in [4.69, 9.17) is 11.6 Å². The minimum atomic E-state index is 0.202. The van der Waals surface area contributed by atoms with Crippen molar-refractivity contribution in [1.29, 1.82) is 0 Å². The second-order valence-electron chi connectivity index (χ2n) is 5.90. The highest BCUT2D eigenvalue weighted by Crippen LogP contribution is 2.34. The van der Waals surface area contributed by atoms with Crippen molar-refractivity contribution in [2.24, 2.45) is 0 Å². The van der Waals surface area contributed by atoms with Gasteiger partial charge in [0.2, 0.25) is 5.91 Å². The Balaban J connectivity index is 1.76. The Labute approximate surface area is 136 Å². The zero-order chi connectivity index (χ0) is 15.5. The Kier molecular flexibility index (Phi) is 4.49. The van der Waals surface area contributed by atoms with Gasteiger partial charge >= 0.3 is 0 Å². The number of rotatable bonds is 3. The number of likely N-dealkylation sites (tertiary alicyclic amines) is 1. The molecule has 0 aromatic heterocycles. The minimum Gasteiger partial charge on any atom is -0.335 e. The van der Waals surface area contributed by atoms with Crippen LogP contribution in [0.5, 0.6) is 0 Å². The Bertz CT molecular complexity index is 665. The van der Waals surface area contributed by atoms with E-state index in [0.29, 0.717) is 11.4 Å². The topological polar surface area (TPSA) is 20.3 Å². The summed E-state index contributed by atoms with van der Waals surface area (Å²) in [5.74, 6) is 0.202. The Morgan fingerprint density at radius 3 is 2.64 bits per heavy atom. The second kappa shape index (κ2) is 6.53. The first-order valence-corrected chi connectivity index (χ1v) is 8.12. The molecule has 2 aromatic carbocycles. The third-order valence-electron chi connectivity index (χ3n) is 4.39. The molecule has 114 valence electrons. The van der Waals surface area contributed by atoms with Crippen molar-refractivity contribution in [3.8, 4) is 0 Å². The molecule has 3 rings (SSSR count). The van der Waals surface area contributed by atoms with Crippen LogP contribution in [0.2, 0.25) is 5.02 Å². The molecule has 1 fully saturated rings. The smallest absolute Gasteiger partial charge is 0.227 e. The highest BCUT2D eigenvalue weighted by Gasteiger charge is 2.30. The number of carbonyl (C=O) groups excluding carboxylic acids is 1. The van der Waals surface area contributed by atoms with E-state index in [9.17, 15) is 4.79 Å². The predicted molar refractivity (Wildman–Crippen MR) is 90.0 cm³/mol. The van der Waals surface area contributed by atoms with Crippen LogP contribution in [0.15, 0.2) is 48.5 Å². The van der Waals surface area contributed by atoms with E-state index < -0.39 is 0 Å². The normalized spacial score (nSPS) is 17.7. The summed E-state index contributed by atoms with van der Waals surface area (Å²) in [5.41, 5.74) is 3.56. The molecular weight excluding hydrogens is 294 g/mol. The van der Waals surface area contributed by atoms with Crippen LogP contribution in [-0.4, -0.2) is 17.4 Å². The van der Waals surface area contributed by atoms with Gasteiger partial charge in [-0.15, -0.1) is 0 Å². The second-order valence-corrected chi connectivity index (χ2v) is 6.34. The molecule has 2 aromatic rings. The van der Waals surface area contributed by atoms with E-state index in [1.54, 1.807) is 0 Å². The van der Waals surface area contributed by atoms with E-state index >= 15 is 0 Å². The SMILES string of the molecule is Cc1ccccc1C1CCCN1C(=O)Cc1ccc(Cl)cc1. The number of aryl methyl sites for hydroxylation is 1. The van der Waals surface area contributed by atoms with Gasteiger partial charge in [0.25, 0.3) is 0 Å². The number of halogens is 1. The Morgan fingerprint density at radius 1 is 1.18 bits per heavy atom. The maximum Gasteiger partial charge on any atom is 0.227 e. The van der Waals surface area contributed by atoms with E-state index in [1.807, 2.05) is 35.2 Å². The molecule has 0 radical (unpaired) electrons. The predicted octanol–water partition coefficient (Wildman–Crippen LogP) is 4.55. The van der Waals surface area contributed by atoms with Crippen molar-refractivity contribution in [2.75, 3.05) is 6.54 Å². The Hall–Kier alpha value is -1.80. The Morgan fingerprint density at radius 2 is 1.91 bits per heavy atom.